The van der Waals surface area contributed by atoms with Crippen molar-refractivity contribution in [3.63, 3.8) is 0 Å². The zero-order chi connectivity index (χ0) is 16.4. The zero-order valence-corrected chi connectivity index (χ0v) is 20.5. The van der Waals surface area contributed by atoms with Gasteiger partial charge in [-0.15, -0.1) is 0 Å². The summed E-state index contributed by atoms with van der Waals surface area (Å²) in [6, 6.07) is 0. The predicted molar refractivity (Wildman–Crippen MR) is 89.1 cm³/mol. The predicted octanol–water partition coefficient (Wildman–Crippen LogP) is 1.30. The minimum absolute atomic E-state index is 0. The molecule has 124 valence electrons. The van der Waals surface area contributed by atoms with Gasteiger partial charge in [0.15, 0.2) is 0 Å². The molecule has 11 heteroatoms. The van der Waals surface area contributed by atoms with Gasteiger partial charge in [-0.1, -0.05) is 27.7 Å². The summed E-state index contributed by atoms with van der Waals surface area (Å²) in [5, 5.41) is 0. The molecule has 0 aromatic carbocycles. The van der Waals surface area contributed by atoms with Gasteiger partial charge in [-0.25, -0.2) is 8.42 Å². The van der Waals surface area contributed by atoms with Crippen molar-refractivity contribution in [3.05, 3.63) is 0 Å². The van der Waals surface area contributed by atoms with E-state index >= 15 is 0 Å². The van der Waals surface area contributed by atoms with Gasteiger partial charge in [0.2, 0.25) is 0 Å². The van der Waals surface area contributed by atoms with Gasteiger partial charge >= 0.3 is 48.9 Å². The summed E-state index contributed by atoms with van der Waals surface area (Å²) in [4.78, 5) is 0. The van der Waals surface area contributed by atoms with Crippen molar-refractivity contribution < 1.29 is 25.9 Å². The maximum absolute atomic E-state index is 10.2. The SMILES string of the molecule is CC(C)CCOS(=O)([O-])=S.CC(C)CCOS(=O)([O-])=S.[Ba+2]. The molecular formula is C10H22BaO6S4. The first kappa shape index (κ1) is 28.0. The van der Waals surface area contributed by atoms with Gasteiger partial charge in [0.05, 0.1) is 31.3 Å². The van der Waals surface area contributed by atoms with Gasteiger partial charge < -0.3 is 9.11 Å². The minimum Gasteiger partial charge on any atom is -0.748 e. The maximum atomic E-state index is 10.2. The first-order valence-electron chi connectivity index (χ1n) is 6.04. The fourth-order valence-corrected chi connectivity index (χ4v) is 1.78. The molecule has 0 amide bonds. The summed E-state index contributed by atoms with van der Waals surface area (Å²) in [5.41, 5.74) is 0. The summed E-state index contributed by atoms with van der Waals surface area (Å²) in [5.74, 6) is 0.883. The molecule has 0 heterocycles. The molecule has 0 aliphatic rings. The maximum Gasteiger partial charge on any atom is 2.00 e. The normalized spacial score (nSPS) is 16.4. The Balaban J connectivity index is -0.000000295. The molecule has 2 atom stereocenters. The average Bonchev–Trinajstić information content (AvgIpc) is 2.12. The Labute approximate surface area is 178 Å². The van der Waals surface area contributed by atoms with Gasteiger partial charge in [-0.05, 0) is 47.1 Å². The topological polar surface area (TPSA) is 98.7 Å². The fraction of sp³-hybridized carbons (Fsp3) is 1.00. The van der Waals surface area contributed by atoms with Crippen LogP contribution in [0.15, 0.2) is 0 Å². The summed E-state index contributed by atoms with van der Waals surface area (Å²) >= 11 is 7.97. The van der Waals surface area contributed by atoms with Crippen LogP contribution in [0.25, 0.3) is 0 Å². The molecule has 0 saturated heterocycles. The number of hydrogen-bond donors (Lipinski definition) is 0. The third-order valence-corrected chi connectivity index (χ3v) is 3.33. The van der Waals surface area contributed by atoms with Crippen molar-refractivity contribution in [2.45, 2.75) is 40.5 Å². The van der Waals surface area contributed by atoms with Crippen LogP contribution in [-0.4, -0.2) is 79.6 Å². The van der Waals surface area contributed by atoms with Crippen LogP contribution in [0.2, 0.25) is 0 Å². The molecule has 0 N–H and O–H groups in total. The Morgan fingerprint density at radius 2 is 1.10 bits per heavy atom. The van der Waals surface area contributed by atoms with E-state index in [1.807, 2.05) is 27.7 Å². The van der Waals surface area contributed by atoms with Gasteiger partial charge in [0.25, 0.3) is 0 Å². The van der Waals surface area contributed by atoms with Crippen LogP contribution in [0.3, 0.4) is 0 Å². The molecule has 0 rings (SSSR count). The van der Waals surface area contributed by atoms with Crippen LogP contribution in [0.4, 0.5) is 0 Å². The van der Waals surface area contributed by atoms with Crippen LogP contribution in [0, 0.1) is 11.8 Å². The summed E-state index contributed by atoms with van der Waals surface area (Å²) < 4.78 is 49.5. The third-order valence-electron chi connectivity index (χ3n) is 1.85. The largest absolute Gasteiger partial charge is 2.00 e. The van der Waals surface area contributed by atoms with E-state index in [4.69, 9.17) is 0 Å². The van der Waals surface area contributed by atoms with Crippen molar-refractivity contribution in [1.82, 2.24) is 0 Å². The van der Waals surface area contributed by atoms with E-state index in [0.29, 0.717) is 11.8 Å². The van der Waals surface area contributed by atoms with Crippen LogP contribution in [0.1, 0.15) is 40.5 Å². The second kappa shape index (κ2) is 14.5. The van der Waals surface area contributed by atoms with E-state index in [1.54, 1.807) is 0 Å². The van der Waals surface area contributed by atoms with E-state index in [2.05, 4.69) is 30.7 Å². The quantitative estimate of drug-likeness (QED) is 0.457. The molecule has 0 aliphatic carbocycles. The Bertz CT molecular complexity index is 390. The molecule has 0 radical (unpaired) electrons. The average molecular weight is 504 g/mol. The molecule has 0 aliphatic heterocycles. The molecule has 0 saturated carbocycles. The zero-order valence-electron chi connectivity index (χ0n) is 12.8. The van der Waals surface area contributed by atoms with Gasteiger partial charge in [-0.2, -0.15) is 0 Å². The van der Waals surface area contributed by atoms with E-state index in [-0.39, 0.29) is 62.1 Å². The smallest absolute Gasteiger partial charge is 0.748 e. The summed E-state index contributed by atoms with van der Waals surface area (Å²) in [6.07, 6.45) is 1.44. The minimum atomic E-state index is -3.64. The molecule has 0 bridgehead atoms. The molecule has 21 heavy (non-hydrogen) atoms. The van der Waals surface area contributed by atoms with Gasteiger partial charge in [0, 0.05) is 0 Å². The van der Waals surface area contributed by atoms with Crippen LogP contribution < -0.4 is 0 Å². The van der Waals surface area contributed by atoms with Crippen molar-refractivity contribution in [2.24, 2.45) is 11.8 Å². The van der Waals surface area contributed by atoms with Crippen molar-refractivity contribution in [3.8, 4) is 0 Å². The van der Waals surface area contributed by atoms with E-state index in [0.717, 1.165) is 12.8 Å². The van der Waals surface area contributed by atoms with Gasteiger partial charge in [-0.3, -0.25) is 8.37 Å². The van der Waals surface area contributed by atoms with Crippen molar-refractivity contribution in [1.29, 1.82) is 0 Å². The first-order valence-corrected chi connectivity index (χ1v) is 10.7. The Hall–Kier alpha value is 2.15. The molecular weight excluding hydrogens is 482 g/mol. The summed E-state index contributed by atoms with van der Waals surface area (Å²) in [7, 11) is -7.27. The van der Waals surface area contributed by atoms with Crippen LogP contribution in [0.5, 0.6) is 0 Å². The van der Waals surface area contributed by atoms with Crippen LogP contribution in [-0.2, 0) is 48.8 Å². The second-order valence-corrected chi connectivity index (χ2v) is 9.38. The summed E-state index contributed by atoms with van der Waals surface area (Å²) in [6.45, 7) is 8.34. The first-order chi connectivity index (χ1) is 8.83. The molecule has 6 nitrogen and oxygen atoms in total. The number of hydrogen-bond acceptors (Lipinski definition) is 8. The van der Waals surface area contributed by atoms with E-state index in [1.165, 1.54) is 0 Å². The van der Waals surface area contributed by atoms with Crippen molar-refractivity contribution in [2.75, 3.05) is 13.2 Å². The Morgan fingerprint density at radius 1 is 0.857 bits per heavy atom. The third kappa shape index (κ3) is 34.5. The van der Waals surface area contributed by atoms with Gasteiger partial charge in [0.1, 0.15) is 0 Å². The Kier molecular flexibility index (Phi) is 19.3. The molecule has 0 fully saturated rings. The fourth-order valence-electron chi connectivity index (χ4n) is 0.772. The Morgan fingerprint density at radius 3 is 1.24 bits per heavy atom. The number of rotatable bonds is 8. The second-order valence-electron chi connectivity index (χ2n) is 4.83. The molecule has 0 aromatic heterocycles. The van der Waals surface area contributed by atoms with E-state index < -0.39 is 18.1 Å². The molecule has 2 unspecified atom stereocenters. The molecule has 0 spiro atoms. The van der Waals surface area contributed by atoms with Crippen LogP contribution >= 0.6 is 0 Å². The standard InChI is InChI=1S/2C5H12O3S2.Ba/c2*1-5(2)3-4-8-10(6,7)9;/h2*5H,3-4H2,1-2H3,(H,6,7,9);/q;;+2/p-2. The van der Waals surface area contributed by atoms with Crippen molar-refractivity contribution >= 4 is 89.4 Å². The van der Waals surface area contributed by atoms with E-state index in [9.17, 15) is 17.5 Å². The molecule has 0 aromatic rings. The monoisotopic (exact) mass is 504 g/mol.